The van der Waals surface area contributed by atoms with Crippen molar-refractivity contribution in [3.63, 3.8) is 0 Å². The summed E-state index contributed by atoms with van der Waals surface area (Å²) in [7, 11) is 0. The lowest BCUT2D eigenvalue weighted by Gasteiger charge is -2.31. The number of halogens is 1. The maximum Gasteiger partial charge on any atom is 0.257 e. The standard InChI is InChI=1S/C30H36FN3O3/c1-24-14-15-26(37-24)22-33(19-16-25-10-4-2-5-11-25)29(35)23-34(21-20-32-17-8-3-9-18-32)30(36)27-12-6-7-13-28(27)31/h2,4-7,10-15H,3,8-9,16-23H2,1H3. The molecule has 1 aromatic heterocycles. The highest BCUT2D eigenvalue weighted by molar-refractivity contribution is 5.96. The molecule has 37 heavy (non-hydrogen) atoms. The Morgan fingerprint density at radius 1 is 0.892 bits per heavy atom. The summed E-state index contributed by atoms with van der Waals surface area (Å²) in [6.07, 6.45) is 4.17. The first-order valence-electron chi connectivity index (χ1n) is 13.1. The highest BCUT2D eigenvalue weighted by Gasteiger charge is 2.25. The first-order chi connectivity index (χ1) is 18.0. The quantitative estimate of drug-likeness (QED) is 0.371. The van der Waals surface area contributed by atoms with Crippen molar-refractivity contribution in [2.45, 2.75) is 39.2 Å². The summed E-state index contributed by atoms with van der Waals surface area (Å²) in [4.78, 5) is 32.6. The molecule has 1 aliphatic heterocycles. The minimum absolute atomic E-state index is 0.00793. The zero-order valence-corrected chi connectivity index (χ0v) is 21.6. The number of carbonyl (C=O) groups is 2. The third-order valence-corrected chi connectivity index (χ3v) is 6.86. The molecular formula is C30H36FN3O3. The molecule has 1 saturated heterocycles. The van der Waals surface area contributed by atoms with Gasteiger partial charge in [-0.2, -0.15) is 0 Å². The Balaban J connectivity index is 1.50. The molecule has 0 bridgehead atoms. The Labute approximate surface area is 218 Å². The van der Waals surface area contributed by atoms with Gasteiger partial charge in [-0.25, -0.2) is 4.39 Å². The molecule has 6 nitrogen and oxygen atoms in total. The Kier molecular flexibility index (Phi) is 9.49. The maximum atomic E-state index is 14.5. The largest absolute Gasteiger partial charge is 0.464 e. The fourth-order valence-electron chi connectivity index (χ4n) is 4.72. The van der Waals surface area contributed by atoms with Gasteiger partial charge in [0.1, 0.15) is 23.9 Å². The van der Waals surface area contributed by atoms with E-state index in [1.807, 2.05) is 49.4 Å². The molecule has 3 aromatic rings. The molecule has 0 N–H and O–H groups in total. The summed E-state index contributed by atoms with van der Waals surface area (Å²) in [5, 5.41) is 0. The topological polar surface area (TPSA) is 57.0 Å². The number of likely N-dealkylation sites (tertiary alicyclic amines) is 1. The SMILES string of the molecule is Cc1ccc(CN(CCc2ccccc2)C(=O)CN(CCN2CCCCC2)C(=O)c2ccccc2F)o1. The second kappa shape index (κ2) is 13.2. The van der Waals surface area contributed by atoms with Crippen molar-refractivity contribution >= 4 is 11.8 Å². The Morgan fingerprint density at radius 2 is 1.62 bits per heavy atom. The van der Waals surface area contributed by atoms with Crippen LogP contribution < -0.4 is 0 Å². The molecule has 0 spiro atoms. The molecule has 0 radical (unpaired) electrons. The summed E-state index contributed by atoms with van der Waals surface area (Å²) in [5.41, 5.74) is 1.12. The molecule has 1 fully saturated rings. The van der Waals surface area contributed by atoms with Gasteiger partial charge in [0.15, 0.2) is 0 Å². The van der Waals surface area contributed by atoms with E-state index < -0.39 is 11.7 Å². The van der Waals surface area contributed by atoms with Gasteiger partial charge in [-0.3, -0.25) is 9.59 Å². The van der Waals surface area contributed by atoms with Crippen molar-refractivity contribution < 1.29 is 18.4 Å². The third-order valence-electron chi connectivity index (χ3n) is 6.86. The molecule has 0 saturated carbocycles. The predicted octanol–water partition coefficient (Wildman–Crippen LogP) is 4.93. The normalized spacial score (nSPS) is 13.9. The van der Waals surface area contributed by atoms with Crippen molar-refractivity contribution in [2.75, 3.05) is 39.3 Å². The van der Waals surface area contributed by atoms with Gasteiger partial charge in [0, 0.05) is 19.6 Å². The van der Waals surface area contributed by atoms with Crippen molar-refractivity contribution in [1.82, 2.24) is 14.7 Å². The lowest BCUT2D eigenvalue weighted by atomic mass is 10.1. The summed E-state index contributed by atoms with van der Waals surface area (Å²) < 4.78 is 20.3. The van der Waals surface area contributed by atoms with Gasteiger partial charge < -0.3 is 19.1 Å². The van der Waals surface area contributed by atoms with E-state index in [0.29, 0.717) is 38.4 Å². The van der Waals surface area contributed by atoms with Gasteiger partial charge in [-0.15, -0.1) is 0 Å². The number of rotatable bonds is 11. The number of furan rings is 1. The smallest absolute Gasteiger partial charge is 0.257 e. The summed E-state index contributed by atoms with van der Waals surface area (Å²) in [6, 6.07) is 19.7. The number of carbonyl (C=O) groups excluding carboxylic acids is 2. The number of hydrogen-bond donors (Lipinski definition) is 0. The van der Waals surface area contributed by atoms with Crippen LogP contribution in [-0.4, -0.2) is 65.8 Å². The van der Waals surface area contributed by atoms with Crippen LogP contribution in [0.2, 0.25) is 0 Å². The average molecular weight is 506 g/mol. The number of aryl methyl sites for hydroxylation is 1. The van der Waals surface area contributed by atoms with E-state index in [-0.39, 0.29) is 18.0 Å². The summed E-state index contributed by atoms with van der Waals surface area (Å²) >= 11 is 0. The van der Waals surface area contributed by atoms with Gasteiger partial charge in [0.05, 0.1) is 12.1 Å². The molecule has 4 rings (SSSR count). The molecule has 0 aliphatic carbocycles. The van der Waals surface area contributed by atoms with Gasteiger partial charge in [-0.05, 0) is 69.1 Å². The third kappa shape index (κ3) is 7.76. The van der Waals surface area contributed by atoms with E-state index in [0.717, 1.165) is 37.3 Å². The van der Waals surface area contributed by atoms with E-state index in [2.05, 4.69) is 4.90 Å². The van der Waals surface area contributed by atoms with Crippen LogP contribution in [-0.2, 0) is 17.8 Å². The molecule has 1 aliphatic rings. The van der Waals surface area contributed by atoms with E-state index in [1.165, 1.54) is 23.5 Å². The van der Waals surface area contributed by atoms with Gasteiger partial charge in [0.2, 0.25) is 5.91 Å². The first kappa shape index (κ1) is 26.6. The molecule has 0 unspecified atom stereocenters. The van der Waals surface area contributed by atoms with Crippen LogP contribution in [0.5, 0.6) is 0 Å². The molecule has 196 valence electrons. The molecule has 2 amide bonds. The molecule has 2 heterocycles. The van der Waals surface area contributed by atoms with Crippen molar-refractivity contribution in [3.05, 3.63) is 95.2 Å². The predicted molar refractivity (Wildman–Crippen MR) is 142 cm³/mol. The van der Waals surface area contributed by atoms with Crippen molar-refractivity contribution in [3.8, 4) is 0 Å². The minimum Gasteiger partial charge on any atom is -0.464 e. The van der Waals surface area contributed by atoms with Crippen LogP contribution in [0.1, 0.15) is 46.7 Å². The van der Waals surface area contributed by atoms with Crippen LogP contribution in [0.3, 0.4) is 0 Å². The number of hydrogen-bond acceptors (Lipinski definition) is 4. The van der Waals surface area contributed by atoms with Crippen LogP contribution in [0.25, 0.3) is 0 Å². The van der Waals surface area contributed by atoms with Crippen molar-refractivity contribution in [2.24, 2.45) is 0 Å². The maximum absolute atomic E-state index is 14.5. The summed E-state index contributed by atoms with van der Waals surface area (Å²) in [6.45, 7) is 5.54. The second-order valence-corrected chi connectivity index (χ2v) is 9.67. The van der Waals surface area contributed by atoms with Crippen LogP contribution in [0.15, 0.2) is 71.1 Å². The Morgan fingerprint density at radius 3 is 2.32 bits per heavy atom. The van der Waals surface area contributed by atoms with Crippen LogP contribution >= 0.6 is 0 Å². The van der Waals surface area contributed by atoms with Crippen LogP contribution in [0.4, 0.5) is 4.39 Å². The van der Waals surface area contributed by atoms with Crippen LogP contribution in [0, 0.1) is 12.7 Å². The fraction of sp³-hybridized carbons (Fsp3) is 0.400. The Hall–Kier alpha value is -3.45. The molecule has 2 aromatic carbocycles. The van der Waals surface area contributed by atoms with E-state index in [1.54, 1.807) is 17.0 Å². The lowest BCUT2D eigenvalue weighted by Crippen LogP contribution is -2.46. The molecular weight excluding hydrogens is 469 g/mol. The van der Waals surface area contributed by atoms with E-state index >= 15 is 0 Å². The average Bonchev–Trinajstić information content (AvgIpc) is 3.34. The zero-order valence-electron chi connectivity index (χ0n) is 21.6. The summed E-state index contributed by atoms with van der Waals surface area (Å²) in [5.74, 6) is 0.256. The van der Waals surface area contributed by atoms with E-state index in [4.69, 9.17) is 4.42 Å². The number of benzene rings is 2. The highest BCUT2D eigenvalue weighted by Crippen LogP contribution is 2.15. The monoisotopic (exact) mass is 505 g/mol. The molecule has 7 heteroatoms. The number of piperidine rings is 1. The van der Waals surface area contributed by atoms with Gasteiger partial charge in [-0.1, -0.05) is 48.9 Å². The minimum atomic E-state index is -0.574. The van der Waals surface area contributed by atoms with E-state index in [9.17, 15) is 14.0 Å². The van der Waals surface area contributed by atoms with Gasteiger partial charge in [0.25, 0.3) is 5.91 Å². The zero-order chi connectivity index (χ0) is 26.0. The number of amides is 2. The Bertz CT molecular complexity index is 1160. The number of nitrogens with zero attached hydrogens (tertiary/aromatic N) is 3. The fourth-order valence-corrected chi connectivity index (χ4v) is 4.72. The second-order valence-electron chi connectivity index (χ2n) is 9.67. The van der Waals surface area contributed by atoms with Gasteiger partial charge >= 0.3 is 0 Å². The highest BCUT2D eigenvalue weighted by atomic mass is 19.1. The lowest BCUT2D eigenvalue weighted by molar-refractivity contribution is -0.132. The first-order valence-corrected chi connectivity index (χ1v) is 13.1. The molecule has 0 atom stereocenters. The van der Waals surface area contributed by atoms with Crippen molar-refractivity contribution in [1.29, 1.82) is 0 Å².